The standard InChI is InChI=1S/C22H24Cl2N2O2.C22H25ClN2O2.C22H21F5N2O2.C22H24F2N2O2.C22H26N2O2/c1-21(2,3)12-10-13(18(27)14(11-12)22(4,5)6)19-25-20(28-26-19)17-15(23)8-7-9-16(17)24;1-21(2,3)13-11-15(18(26)16(12-13)22(4,5)6)19-24-20(27-25-19)14-9-7-8-10-17(14)23;1-21(2,3)9-7-10(18(30)11(8-9)22(4,5)6)19-28-20(31-29-19)12-13(23)15(25)17(27)16(26)14(12)24;1-21(2,3)12-10-13(18(27)14(11-12)22(4,5)6)19-25-20(28-26-19)17-15(23)8-7-9-16(17)24;1-21(2,3)15-12-16(18(25)17(13-15)22(4,5)6)19-23-20(26-24-19)14-10-8-7-9-11-14/h7-11,27H,1-6H3;7-12,26H,1-6H3;7-8,30H,1-6H3;7-11,27H,1-6H3;7-13,25H,1-6H3. The minimum atomic E-state index is -2.29. The van der Waals surface area contributed by atoms with Crippen molar-refractivity contribution in [3.8, 4) is 143 Å². The Kier molecular flexibility index (Phi) is 30.9. The second-order valence-corrected chi connectivity index (χ2v) is 45.9. The summed E-state index contributed by atoms with van der Waals surface area (Å²) in [6.07, 6.45) is 0. The van der Waals surface area contributed by atoms with Gasteiger partial charge in [0.05, 0.1) is 54.0 Å². The van der Waals surface area contributed by atoms with E-state index in [1.807, 2.05) is 147 Å². The molecule has 15 aromatic rings. The van der Waals surface area contributed by atoms with Gasteiger partial charge in [0.2, 0.25) is 34.9 Å². The van der Waals surface area contributed by atoms with Crippen molar-refractivity contribution in [2.24, 2.45) is 0 Å². The van der Waals surface area contributed by atoms with Gasteiger partial charge in [0.25, 0.3) is 29.5 Å². The lowest BCUT2D eigenvalue weighted by Crippen LogP contribution is -2.17. The van der Waals surface area contributed by atoms with Crippen LogP contribution in [0.3, 0.4) is 0 Å². The van der Waals surface area contributed by atoms with Crippen molar-refractivity contribution in [2.75, 3.05) is 0 Å². The molecular formula is C110H120Cl3F7N10O10. The van der Waals surface area contributed by atoms with Gasteiger partial charge in [0, 0.05) is 33.4 Å². The molecule has 5 heterocycles. The molecule has 10 aromatic carbocycles. The van der Waals surface area contributed by atoms with E-state index in [9.17, 15) is 56.3 Å². The highest BCUT2D eigenvalue weighted by Gasteiger charge is 2.37. The highest BCUT2D eigenvalue weighted by Crippen LogP contribution is 2.50. The quantitative estimate of drug-likeness (QED) is 0.0483. The van der Waals surface area contributed by atoms with Gasteiger partial charge in [0.1, 0.15) is 51.5 Å². The third kappa shape index (κ3) is 24.1. The first-order chi connectivity index (χ1) is 64.5. The Morgan fingerprint density at radius 1 is 0.221 bits per heavy atom. The second-order valence-electron chi connectivity index (χ2n) is 44.7. The van der Waals surface area contributed by atoms with Crippen molar-refractivity contribution < 1.29 is 78.9 Å². The van der Waals surface area contributed by atoms with Gasteiger partial charge in [-0.3, -0.25) is 0 Å². The molecule has 0 saturated heterocycles. The monoisotopic (exact) mass is 1980 g/mol. The molecule has 0 unspecified atom stereocenters. The van der Waals surface area contributed by atoms with E-state index < -0.39 is 57.6 Å². The molecule has 0 aliphatic heterocycles. The lowest BCUT2D eigenvalue weighted by Gasteiger charge is -2.27. The smallest absolute Gasteiger partial charge is 0.264 e. The third-order valence-electron chi connectivity index (χ3n) is 23.2. The Balaban J connectivity index is 0.000000168. The van der Waals surface area contributed by atoms with Crippen LogP contribution in [0.4, 0.5) is 30.7 Å². The molecular weight excluding hydrogens is 1860 g/mol. The van der Waals surface area contributed by atoms with E-state index in [-0.39, 0.29) is 112 Å². The molecule has 5 aromatic heterocycles. The summed E-state index contributed by atoms with van der Waals surface area (Å²) < 4.78 is 123. The molecule has 30 heteroatoms. The van der Waals surface area contributed by atoms with Gasteiger partial charge < -0.3 is 48.1 Å². The van der Waals surface area contributed by atoms with Crippen LogP contribution in [-0.2, 0) is 54.1 Å². The number of nitrogens with zero attached hydrogens (tertiary/aromatic N) is 10. The van der Waals surface area contributed by atoms with Crippen molar-refractivity contribution in [3.05, 3.63) is 263 Å². The van der Waals surface area contributed by atoms with E-state index in [1.54, 1.807) is 36.4 Å². The van der Waals surface area contributed by atoms with Crippen LogP contribution in [-0.4, -0.2) is 76.2 Å². The molecule has 0 amide bonds. The minimum Gasteiger partial charge on any atom is -0.507 e. The van der Waals surface area contributed by atoms with E-state index in [2.05, 4.69) is 208 Å². The first-order valence-electron chi connectivity index (χ1n) is 45.3. The average molecular weight is 1980 g/mol. The highest BCUT2D eigenvalue weighted by molar-refractivity contribution is 6.39. The molecule has 0 atom stereocenters. The maximum absolute atomic E-state index is 14.1. The molecule has 0 spiro atoms. The Morgan fingerprint density at radius 3 is 0.736 bits per heavy atom. The minimum absolute atomic E-state index is 0.0295. The maximum atomic E-state index is 14.1. The summed E-state index contributed by atoms with van der Waals surface area (Å²) in [7, 11) is 0. The number of rotatable bonds is 10. The first kappa shape index (κ1) is 108. The molecule has 15 rings (SSSR count). The summed E-state index contributed by atoms with van der Waals surface area (Å²) in [6.45, 7) is 61.6. The molecule has 20 nitrogen and oxygen atoms in total. The van der Waals surface area contributed by atoms with Gasteiger partial charge >= 0.3 is 0 Å². The summed E-state index contributed by atoms with van der Waals surface area (Å²) in [5, 5.41) is 75.8. The number of benzene rings is 10. The molecule has 740 valence electrons. The fourth-order valence-corrected chi connectivity index (χ4v) is 15.4. The Labute approximate surface area is 827 Å². The zero-order valence-electron chi connectivity index (χ0n) is 84.5. The number of phenols is 5. The molecule has 0 fully saturated rings. The fraction of sp³-hybridized carbons (Fsp3) is 0.364. The van der Waals surface area contributed by atoms with Crippen LogP contribution >= 0.6 is 34.8 Å². The van der Waals surface area contributed by atoms with Gasteiger partial charge in [-0.2, -0.15) is 24.9 Å². The molecule has 0 aliphatic rings. The van der Waals surface area contributed by atoms with Crippen LogP contribution in [0.2, 0.25) is 15.1 Å². The molecule has 0 saturated carbocycles. The SMILES string of the molecule is CC(C)(C)c1cc(-c2noc(-c3c(Cl)cccc3Cl)n2)c(O)c(C(C)(C)C)c1.CC(C)(C)c1cc(-c2noc(-c3c(F)c(F)c(F)c(F)c3F)n2)c(O)c(C(C)(C)C)c1.CC(C)(C)c1cc(-c2noc(-c3c(F)cccc3F)n2)c(O)c(C(C)(C)C)c1.CC(C)(C)c1cc(-c2noc(-c3ccccc3)n2)c(O)c(C(C)(C)C)c1.CC(C)(C)c1cc(-c2noc(-c3ccccc3Cl)n2)c(O)c(C(C)(C)C)c1. The predicted molar refractivity (Wildman–Crippen MR) is 536 cm³/mol. The largest absolute Gasteiger partial charge is 0.507 e. The Hall–Kier alpha value is -12.7. The Bertz CT molecular complexity index is 6840. The van der Waals surface area contributed by atoms with E-state index in [0.717, 1.165) is 67.8 Å². The molecule has 0 radical (unpaired) electrons. The lowest BCUT2D eigenvalue weighted by molar-refractivity contribution is 0.372. The topological polar surface area (TPSA) is 296 Å². The molecule has 0 bridgehead atoms. The number of halogens is 10. The highest BCUT2D eigenvalue weighted by atomic mass is 35.5. The summed E-state index contributed by atoms with van der Waals surface area (Å²) in [6, 6.07) is 44.8. The lowest BCUT2D eigenvalue weighted by atomic mass is 9.79. The number of phenolic OH excluding ortho intramolecular Hbond substituents is 5. The molecule has 5 N–H and O–H groups in total. The number of aromatic hydroxyl groups is 5. The van der Waals surface area contributed by atoms with Crippen molar-refractivity contribution in [3.63, 3.8) is 0 Å². The zero-order valence-corrected chi connectivity index (χ0v) is 86.7. The van der Waals surface area contributed by atoms with E-state index in [0.29, 0.717) is 83.3 Å². The second kappa shape index (κ2) is 40.1. The van der Waals surface area contributed by atoms with Crippen LogP contribution in [0, 0.1) is 40.7 Å². The van der Waals surface area contributed by atoms with Crippen LogP contribution in [0.1, 0.15) is 263 Å². The van der Waals surface area contributed by atoms with Gasteiger partial charge in [-0.1, -0.05) is 341 Å². The van der Waals surface area contributed by atoms with Crippen LogP contribution in [0.5, 0.6) is 28.7 Å². The van der Waals surface area contributed by atoms with Crippen molar-refractivity contribution in [1.82, 2.24) is 50.7 Å². The van der Waals surface area contributed by atoms with E-state index in [4.69, 9.17) is 57.4 Å². The number of aromatic nitrogens is 10. The van der Waals surface area contributed by atoms with Crippen molar-refractivity contribution in [2.45, 2.75) is 262 Å². The molecule has 0 aliphatic carbocycles. The van der Waals surface area contributed by atoms with E-state index >= 15 is 0 Å². The zero-order chi connectivity index (χ0) is 104. The van der Waals surface area contributed by atoms with Gasteiger partial charge in [0.15, 0.2) is 23.3 Å². The first-order valence-corrected chi connectivity index (χ1v) is 46.4. The summed E-state index contributed by atoms with van der Waals surface area (Å²) in [5.74, 6) is -11.2. The van der Waals surface area contributed by atoms with Crippen LogP contribution in [0.15, 0.2) is 174 Å². The van der Waals surface area contributed by atoms with Gasteiger partial charge in [-0.25, -0.2) is 30.7 Å². The normalized spacial score (nSPS) is 12.4. The van der Waals surface area contributed by atoms with Crippen molar-refractivity contribution in [1.29, 1.82) is 0 Å². The fourth-order valence-electron chi connectivity index (χ4n) is 14.7. The maximum Gasteiger partial charge on any atom is 0.264 e. The third-order valence-corrected chi connectivity index (χ3v) is 24.1. The summed E-state index contributed by atoms with van der Waals surface area (Å²) >= 11 is 18.8. The predicted octanol–water partition coefficient (Wildman–Crippen LogP) is 31.5. The average Bonchev–Trinajstić information content (AvgIpc) is 1.63. The van der Waals surface area contributed by atoms with Gasteiger partial charge in [-0.05, 0) is 161 Å². The molecule has 140 heavy (non-hydrogen) atoms. The number of hydrogen-bond acceptors (Lipinski definition) is 20. The number of hydrogen-bond donors (Lipinski definition) is 5. The Morgan fingerprint density at radius 2 is 0.450 bits per heavy atom. The van der Waals surface area contributed by atoms with Crippen molar-refractivity contribution >= 4 is 34.8 Å². The van der Waals surface area contributed by atoms with Crippen LogP contribution < -0.4 is 0 Å². The van der Waals surface area contributed by atoms with Gasteiger partial charge in [-0.15, -0.1) is 0 Å². The van der Waals surface area contributed by atoms with E-state index in [1.165, 1.54) is 6.07 Å². The summed E-state index contributed by atoms with van der Waals surface area (Å²) in [5.41, 5.74) is 9.14. The van der Waals surface area contributed by atoms with Crippen LogP contribution in [0.25, 0.3) is 114 Å². The summed E-state index contributed by atoms with van der Waals surface area (Å²) in [4.78, 5) is 21.5.